The fourth-order valence-corrected chi connectivity index (χ4v) is 10.6. The quantitative estimate of drug-likeness (QED) is 0.192. The second-order valence-corrected chi connectivity index (χ2v) is 16.4. The van der Waals surface area contributed by atoms with Gasteiger partial charge in [0.15, 0.2) is 5.82 Å². The van der Waals surface area contributed by atoms with Crippen molar-refractivity contribution in [1.29, 1.82) is 0 Å². The molecule has 286 valence electrons. The number of phenolic OH excluding ortho intramolecular Hbond substituents is 1. The fraction of sp³-hybridized carbons (Fsp3) is 0.500. The summed E-state index contributed by atoms with van der Waals surface area (Å²) in [6.45, 7) is 5.67. The number of anilines is 1. The monoisotopic (exact) mass is 751 g/mol. The Hall–Kier alpha value is -4.64. The summed E-state index contributed by atoms with van der Waals surface area (Å²) in [6, 6.07) is 5.93. The zero-order valence-electron chi connectivity index (χ0n) is 30.9. The van der Waals surface area contributed by atoms with Crippen molar-refractivity contribution in [2.24, 2.45) is 13.0 Å². The van der Waals surface area contributed by atoms with Gasteiger partial charge in [0.2, 0.25) is 0 Å². The minimum Gasteiger partial charge on any atom is -0.508 e. The van der Waals surface area contributed by atoms with E-state index >= 15 is 8.78 Å². The number of fused-ring (bicyclic) bond motifs is 7. The molecule has 5 aromatic rings. The molecule has 13 heteroatoms. The highest BCUT2D eigenvalue weighted by molar-refractivity contribution is 6.18. The molecule has 0 aliphatic carbocycles. The van der Waals surface area contributed by atoms with E-state index in [-0.39, 0.29) is 58.0 Å². The first-order chi connectivity index (χ1) is 26.7. The van der Waals surface area contributed by atoms with Crippen LogP contribution >= 0.6 is 0 Å². The van der Waals surface area contributed by atoms with E-state index < -0.39 is 23.3 Å². The summed E-state index contributed by atoms with van der Waals surface area (Å²) in [6.07, 6.45) is 13.1. The van der Waals surface area contributed by atoms with E-state index in [0.29, 0.717) is 46.4 Å². The maximum Gasteiger partial charge on any atom is 0.319 e. The van der Waals surface area contributed by atoms with Crippen LogP contribution in [0, 0.1) is 29.9 Å². The molecule has 10 rings (SSSR count). The average Bonchev–Trinajstić information content (AvgIpc) is 3.90. The number of terminal acetylenes is 1. The van der Waals surface area contributed by atoms with Gasteiger partial charge in [-0.25, -0.2) is 13.2 Å². The number of ether oxygens (including phenoxy) is 2. The van der Waals surface area contributed by atoms with Crippen LogP contribution in [0.25, 0.3) is 43.7 Å². The molecule has 5 aliphatic heterocycles. The number of rotatable bonds is 7. The molecule has 5 fully saturated rings. The predicted octanol–water partition coefficient (Wildman–Crippen LogP) is 6.34. The number of piperazine rings is 1. The van der Waals surface area contributed by atoms with E-state index in [9.17, 15) is 9.50 Å². The maximum absolute atomic E-state index is 17.8. The van der Waals surface area contributed by atoms with E-state index in [2.05, 4.69) is 20.6 Å². The summed E-state index contributed by atoms with van der Waals surface area (Å²) in [5.74, 6) is 2.07. The molecule has 0 radical (unpaired) electrons. The van der Waals surface area contributed by atoms with Crippen LogP contribution in [0.2, 0.25) is 0 Å². The summed E-state index contributed by atoms with van der Waals surface area (Å²) >= 11 is 0. The smallest absolute Gasteiger partial charge is 0.319 e. The number of likely N-dealkylation sites (tertiary alicyclic amines) is 1. The van der Waals surface area contributed by atoms with Gasteiger partial charge in [0, 0.05) is 80.9 Å². The summed E-state index contributed by atoms with van der Waals surface area (Å²) in [5, 5.41) is 17.6. The number of aryl methyl sites for hydroxylation is 1. The van der Waals surface area contributed by atoms with Gasteiger partial charge in [0.1, 0.15) is 41.2 Å². The molecule has 0 saturated carbocycles. The number of halogens is 3. The van der Waals surface area contributed by atoms with Gasteiger partial charge in [-0.1, -0.05) is 12.0 Å². The van der Waals surface area contributed by atoms with Crippen molar-refractivity contribution in [3.63, 3.8) is 0 Å². The summed E-state index contributed by atoms with van der Waals surface area (Å²) < 4.78 is 61.8. The molecular weight excluding hydrogens is 708 g/mol. The molecule has 2 bridgehead atoms. The third-order valence-electron chi connectivity index (χ3n) is 12.9. The first kappa shape index (κ1) is 34.8. The maximum atomic E-state index is 17.8. The minimum atomic E-state index is -0.933. The summed E-state index contributed by atoms with van der Waals surface area (Å²) in [7, 11) is 1.77. The van der Waals surface area contributed by atoms with Crippen LogP contribution in [0.4, 0.5) is 19.0 Å². The average molecular weight is 752 g/mol. The Morgan fingerprint density at radius 2 is 1.89 bits per heavy atom. The zero-order chi connectivity index (χ0) is 37.6. The Morgan fingerprint density at radius 3 is 2.67 bits per heavy atom. The van der Waals surface area contributed by atoms with E-state index in [1.807, 2.05) is 6.20 Å². The van der Waals surface area contributed by atoms with Gasteiger partial charge >= 0.3 is 6.01 Å². The molecule has 2 aromatic heterocycles. The number of hydrogen-bond donors (Lipinski definition) is 1. The minimum absolute atomic E-state index is 0.0245. The van der Waals surface area contributed by atoms with Crippen molar-refractivity contribution in [2.45, 2.75) is 68.7 Å². The van der Waals surface area contributed by atoms with Crippen LogP contribution < -0.4 is 9.64 Å². The number of phenols is 1. The summed E-state index contributed by atoms with van der Waals surface area (Å²) in [5.41, 5.74) is 0.0883. The van der Waals surface area contributed by atoms with E-state index in [1.54, 1.807) is 11.7 Å². The lowest BCUT2D eigenvalue weighted by atomic mass is 9.91. The highest BCUT2D eigenvalue weighted by atomic mass is 19.1. The van der Waals surface area contributed by atoms with Gasteiger partial charge in [-0.2, -0.15) is 15.1 Å². The normalized spacial score (nSPS) is 27.1. The number of aromatic hydroxyl groups is 1. The van der Waals surface area contributed by atoms with Gasteiger partial charge in [0.05, 0.1) is 23.1 Å². The third kappa shape index (κ3) is 5.70. The second-order valence-electron chi connectivity index (χ2n) is 16.4. The van der Waals surface area contributed by atoms with Crippen LogP contribution in [0.15, 0.2) is 30.5 Å². The Bertz CT molecular complexity index is 2380. The number of alkyl halides is 1. The first-order valence-corrected chi connectivity index (χ1v) is 19.6. The molecule has 7 heterocycles. The molecule has 5 saturated heterocycles. The molecular formula is C42H44F3N7O3. The van der Waals surface area contributed by atoms with Crippen molar-refractivity contribution in [3.8, 4) is 35.2 Å². The van der Waals surface area contributed by atoms with E-state index in [4.69, 9.17) is 31.0 Å². The highest BCUT2D eigenvalue weighted by Crippen LogP contribution is 2.47. The van der Waals surface area contributed by atoms with Crippen LogP contribution in [0.3, 0.4) is 0 Å². The number of nitrogens with zero attached hydrogens (tertiary/aromatic N) is 7. The van der Waals surface area contributed by atoms with Crippen LogP contribution in [0.5, 0.6) is 11.8 Å². The third-order valence-corrected chi connectivity index (χ3v) is 12.9. The Kier molecular flexibility index (Phi) is 8.39. The fourth-order valence-electron chi connectivity index (χ4n) is 10.6. The SMILES string of the molecule is C#Cc1c(F)ccc2cc(O)cc(-c3c(F)c4nc(OC[C@@]56CCCN5C[C@H](F)C6)nc(N5[C@@H]6CC[C@H]5CN(CC5CCCOC5)C6)c4c4cn(C)nc34)c12. The molecule has 5 aliphatic rings. The van der Waals surface area contributed by atoms with Gasteiger partial charge < -0.3 is 19.5 Å². The molecule has 55 heavy (non-hydrogen) atoms. The highest BCUT2D eigenvalue weighted by Gasteiger charge is 2.50. The molecule has 5 atom stereocenters. The lowest BCUT2D eigenvalue weighted by Crippen LogP contribution is -2.55. The van der Waals surface area contributed by atoms with Crippen molar-refractivity contribution >= 4 is 38.4 Å². The standard InChI is InChI=1S/C42H44F3N7O3/c1-3-30-33(44)10-7-25-14-29(53)15-31(34(25)30)35-37(45)39-36(32-21-49(2)48-38(32)35)40(47-41(46-39)55-23-42-11-5-12-51(42)18-26(43)16-42)52-27-8-9-28(52)20-50(19-27)17-24-6-4-13-54-22-24/h1,7,10,14-15,21,24,26-28,53H,4-6,8-9,11-13,16-20,22-23H2,2H3/t24?,26-,27-,28+,42+/m1/s1. The van der Waals surface area contributed by atoms with Crippen molar-refractivity contribution in [2.75, 3.05) is 57.4 Å². The molecule has 1 N–H and O–H groups in total. The summed E-state index contributed by atoms with van der Waals surface area (Å²) in [4.78, 5) is 17.0. The van der Waals surface area contributed by atoms with Crippen LogP contribution in [-0.4, -0.2) is 111 Å². The largest absolute Gasteiger partial charge is 0.508 e. The lowest BCUT2D eigenvalue weighted by Gasteiger charge is -2.43. The second kappa shape index (κ2) is 13.2. The molecule has 0 spiro atoms. The molecule has 1 unspecified atom stereocenters. The van der Waals surface area contributed by atoms with Gasteiger partial charge in [-0.05, 0) is 80.1 Å². The van der Waals surface area contributed by atoms with E-state index in [0.717, 1.165) is 71.5 Å². The van der Waals surface area contributed by atoms with E-state index in [1.165, 1.54) is 30.7 Å². The van der Waals surface area contributed by atoms with Gasteiger partial charge in [0.25, 0.3) is 0 Å². The molecule has 0 amide bonds. The first-order valence-electron chi connectivity index (χ1n) is 19.6. The molecule has 10 nitrogen and oxygen atoms in total. The predicted molar refractivity (Wildman–Crippen MR) is 204 cm³/mol. The van der Waals surface area contributed by atoms with Crippen molar-refractivity contribution in [1.82, 2.24) is 29.5 Å². The lowest BCUT2D eigenvalue weighted by molar-refractivity contribution is 0.0351. The molecule has 3 aromatic carbocycles. The van der Waals surface area contributed by atoms with Crippen molar-refractivity contribution in [3.05, 3.63) is 47.7 Å². The Morgan fingerprint density at radius 1 is 1.05 bits per heavy atom. The van der Waals surface area contributed by atoms with Crippen molar-refractivity contribution < 1.29 is 27.8 Å². The van der Waals surface area contributed by atoms with Crippen LogP contribution in [0.1, 0.15) is 50.5 Å². The van der Waals surface area contributed by atoms with Gasteiger partial charge in [-0.15, -0.1) is 6.42 Å². The number of aromatic nitrogens is 4. The Balaban J connectivity index is 1.16. The zero-order valence-corrected chi connectivity index (χ0v) is 30.9. The van der Waals surface area contributed by atoms with Gasteiger partial charge in [-0.3, -0.25) is 14.5 Å². The number of hydrogen-bond acceptors (Lipinski definition) is 9. The van der Waals surface area contributed by atoms with Crippen LogP contribution in [-0.2, 0) is 11.8 Å². The topological polar surface area (TPSA) is 92.0 Å². The Labute approximate surface area is 317 Å². The number of benzene rings is 3.